The third-order valence-electron chi connectivity index (χ3n) is 6.38. The Morgan fingerprint density at radius 3 is 2.35 bits per heavy atom. The van der Waals surface area contributed by atoms with E-state index in [4.69, 9.17) is 21.1 Å². The van der Waals surface area contributed by atoms with Crippen molar-refractivity contribution in [3.8, 4) is 16.9 Å². The zero-order valence-electron chi connectivity index (χ0n) is 21.0. The summed E-state index contributed by atoms with van der Waals surface area (Å²) in [5, 5.41) is 3.87. The van der Waals surface area contributed by atoms with E-state index in [1.165, 1.54) is 7.11 Å². The lowest BCUT2D eigenvalue weighted by molar-refractivity contribution is -0.142. The van der Waals surface area contributed by atoms with E-state index in [9.17, 15) is 14.4 Å². The SMILES string of the molecule is COC(=O)[C@H](Cc1ccc(-c2c(OC)c3ccccc3n(C)c2=O)cc1)NC(=O)c1c(C)cccc1Cl. The Morgan fingerprint density at radius 2 is 1.70 bits per heavy atom. The number of aromatic nitrogens is 1. The van der Waals surface area contributed by atoms with Crippen LogP contribution < -0.4 is 15.6 Å². The first-order valence-electron chi connectivity index (χ1n) is 11.7. The van der Waals surface area contributed by atoms with Crippen molar-refractivity contribution in [2.24, 2.45) is 7.05 Å². The summed E-state index contributed by atoms with van der Waals surface area (Å²) in [6, 6.07) is 19.0. The summed E-state index contributed by atoms with van der Waals surface area (Å²) in [6.45, 7) is 1.78. The number of hydrogen-bond donors (Lipinski definition) is 1. The van der Waals surface area contributed by atoms with Crippen LogP contribution in [0.25, 0.3) is 22.0 Å². The van der Waals surface area contributed by atoms with Crippen LogP contribution in [0.3, 0.4) is 0 Å². The molecular formula is C29H27ClN2O5. The van der Waals surface area contributed by atoms with E-state index in [1.54, 1.807) is 56.0 Å². The highest BCUT2D eigenvalue weighted by Crippen LogP contribution is 2.33. The van der Waals surface area contributed by atoms with E-state index in [0.29, 0.717) is 33.0 Å². The smallest absolute Gasteiger partial charge is 0.328 e. The largest absolute Gasteiger partial charge is 0.495 e. The Labute approximate surface area is 219 Å². The number of halogens is 1. The van der Waals surface area contributed by atoms with Gasteiger partial charge in [0.2, 0.25) is 0 Å². The van der Waals surface area contributed by atoms with Gasteiger partial charge in [0.25, 0.3) is 11.5 Å². The minimum Gasteiger partial charge on any atom is -0.495 e. The number of carbonyl (C=O) groups is 2. The Hall–Kier alpha value is -4.10. The molecule has 4 aromatic rings. The minimum atomic E-state index is -0.929. The number of para-hydroxylation sites is 1. The number of ether oxygens (including phenoxy) is 2. The topological polar surface area (TPSA) is 86.6 Å². The lowest BCUT2D eigenvalue weighted by Crippen LogP contribution is -2.43. The Bertz CT molecular complexity index is 1520. The highest BCUT2D eigenvalue weighted by molar-refractivity contribution is 6.34. The molecule has 3 aromatic carbocycles. The van der Waals surface area contributed by atoms with Crippen molar-refractivity contribution in [1.82, 2.24) is 9.88 Å². The standard InChI is InChI=1S/C29H27ClN2O5/c1-17-8-7-10-21(30)24(17)27(33)31-22(29(35)37-4)16-18-12-14-19(15-13-18)25-26(36-3)20-9-5-6-11-23(20)32(2)28(25)34/h5-15,22H,16H2,1-4H3,(H,31,33)/t22-/m0/s1. The van der Waals surface area contributed by atoms with Gasteiger partial charge in [-0.25, -0.2) is 4.79 Å². The van der Waals surface area contributed by atoms with Crippen molar-refractivity contribution in [2.45, 2.75) is 19.4 Å². The predicted molar refractivity (Wildman–Crippen MR) is 144 cm³/mol. The van der Waals surface area contributed by atoms with E-state index in [-0.39, 0.29) is 12.0 Å². The molecule has 8 heteroatoms. The summed E-state index contributed by atoms with van der Waals surface area (Å²) >= 11 is 6.23. The van der Waals surface area contributed by atoms with Gasteiger partial charge in [0.15, 0.2) is 0 Å². The highest BCUT2D eigenvalue weighted by Gasteiger charge is 2.25. The maximum absolute atomic E-state index is 13.2. The van der Waals surface area contributed by atoms with E-state index >= 15 is 0 Å². The van der Waals surface area contributed by atoms with Gasteiger partial charge in [0.05, 0.1) is 35.9 Å². The van der Waals surface area contributed by atoms with Gasteiger partial charge >= 0.3 is 5.97 Å². The number of nitrogens with zero attached hydrogens (tertiary/aromatic N) is 1. The zero-order chi connectivity index (χ0) is 26.7. The van der Waals surface area contributed by atoms with Crippen LogP contribution >= 0.6 is 11.6 Å². The molecule has 7 nitrogen and oxygen atoms in total. The van der Waals surface area contributed by atoms with Crippen LogP contribution in [0.2, 0.25) is 5.02 Å². The first-order valence-corrected chi connectivity index (χ1v) is 12.0. The molecule has 0 unspecified atom stereocenters. The molecule has 0 aliphatic carbocycles. The summed E-state index contributed by atoms with van der Waals surface area (Å²) in [5.74, 6) is -0.534. The van der Waals surface area contributed by atoms with Crippen molar-refractivity contribution in [1.29, 1.82) is 0 Å². The molecule has 37 heavy (non-hydrogen) atoms. The van der Waals surface area contributed by atoms with Gasteiger partial charge in [-0.05, 0) is 41.8 Å². The molecule has 1 aromatic heterocycles. The maximum Gasteiger partial charge on any atom is 0.328 e. The van der Waals surface area contributed by atoms with Crippen LogP contribution in [0.15, 0.2) is 71.5 Å². The normalized spacial score (nSPS) is 11.7. The molecule has 0 spiro atoms. The summed E-state index contributed by atoms with van der Waals surface area (Å²) in [5.41, 5.74) is 3.50. The van der Waals surface area contributed by atoms with Crippen molar-refractivity contribution in [2.75, 3.05) is 14.2 Å². The summed E-state index contributed by atoms with van der Waals surface area (Å²) < 4.78 is 12.2. The summed E-state index contributed by atoms with van der Waals surface area (Å²) in [7, 11) is 4.54. The van der Waals surface area contributed by atoms with Gasteiger partial charge in [-0.3, -0.25) is 9.59 Å². The maximum atomic E-state index is 13.2. The molecule has 0 radical (unpaired) electrons. The predicted octanol–water partition coefficient (Wildman–Crippen LogP) is 4.69. The molecule has 0 saturated heterocycles. The molecule has 1 amide bonds. The van der Waals surface area contributed by atoms with Crippen LogP contribution in [-0.4, -0.2) is 36.7 Å². The number of benzene rings is 3. The van der Waals surface area contributed by atoms with Crippen molar-refractivity contribution >= 4 is 34.4 Å². The molecule has 4 rings (SSSR count). The van der Waals surface area contributed by atoms with Gasteiger partial charge in [-0.1, -0.05) is 60.1 Å². The zero-order valence-corrected chi connectivity index (χ0v) is 21.8. The van der Waals surface area contributed by atoms with Gasteiger partial charge < -0.3 is 19.4 Å². The van der Waals surface area contributed by atoms with Gasteiger partial charge in [-0.2, -0.15) is 0 Å². The van der Waals surface area contributed by atoms with Gasteiger partial charge in [0, 0.05) is 18.9 Å². The molecule has 0 aliphatic heterocycles. The number of aryl methyl sites for hydroxylation is 2. The second-order valence-electron chi connectivity index (χ2n) is 8.67. The van der Waals surface area contributed by atoms with Crippen LogP contribution in [-0.2, 0) is 23.0 Å². The van der Waals surface area contributed by atoms with Gasteiger partial charge in [0.1, 0.15) is 11.8 Å². The number of carbonyl (C=O) groups excluding carboxylic acids is 2. The molecule has 1 heterocycles. The molecular weight excluding hydrogens is 492 g/mol. The fourth-order valence-corrected chi connectivity index (χ4v) is 4.77. The Morgan fingerprint density at radius 1 is 1.00 bits per heavy atom. The summed E-state index contributed by atoms with van der Waals surface area (Å²) in [6.07, 6.45) is 0.190. The van der Waals surface area contributed by atoms with E-state index in [1.807, 2.05) is 36.4 Å². The highest BCUT2D eigenvalue weighted by atomic mass is 35.5. The number of nitrogens with one attached hydrogen (secondary N) is 1. The third-order valence-corrected chi connectivity index (χ3v) is 6.70. The first-order chi connectivity index (χ1) is 17.8. The lowest BCUT2D eigenvalue weighted by atomic mass is 9.99. The Balaban J connectivity index is 1.65. The number of fused-ring (bicyclic) bond motifs is 1. The molecule has 190 valence electrons. The van der Waals surface area contributed by atoms with Crippen LogP contribution in [0.4, 0.5) is 0 Å². The number of pyridine rings is 1. The molecule has 1 atom stereocenters. The molecule has 0 bridgehead atoms. The van der Waals surface area contributed by atoms with Gasteiger partial charge in [-0.15, -0.1) is 0 Å². The fraction of sp³-hybridized carbons (Fsp3) is 0.207. The van der Waals surface area contributed by atoms with Crippen molar-refractivity contribution < 1.29 is 19.1 Å². The Kier molecular flexibility index (Phi) is 7.64. The van der Waals surface area contributed by atoms with Crippen LogP contribution in [0.1, 0.15) is 21.5 Å². The lowest BCUT2D eigenvalue weighted by Gasteiger charge is -2.18. The number of rotatable bonds is 7. The monoisotopic (exact) mass is 518 g/mol. The average molecular weight is 519 g/mol. The second kappa shape index (κ2) is 10.9. The van der Waals surface area contributed by atoms with E-state index < -0.39 is 17.9 Å². The third kappa shape index (κ3) is 5.08. The number of esters is 1. The molecule has 1 N–H and O–H groups in total. The van der Waals surface area contributed by atoms with Crippen LogP contribution in [0.5, 0.6) is 5.75 Å². The number of hydrogen-bond acceptors (Lipinski definition) is 5. The quantitative estimate of drug-likeness (QED) is 0.359. The summed E-state index contributed by atoms with van der Waals surface area (Å²) in [4.78, 5) is 38.7. The number of amides is 1. The molecule has 0 saturated carbocycles. The molecule has 0 aliphatic rings. The number of methoxy groups -OCH3 is 2. The van der Waals surface area contributed by atoms with Crippen LogP contribution in [0, 0.1) is 6.92 Å². The second-order valence-corrected chi connectivity index (χ2v) is 9.08. The molecule has 0 fully saturated rings. The van der Waals surface area contributed by atoms with E-state index in [0.717, 1.165) is 16.5 Å². The van der Waals surface area contributed by atoms with Crippen molar-refractivity contribution in [3.63, 3.8) is 0 Å². The van der Waals surface area contributed by atoms with E-state index in [2.05, 4.69) is 5.32 Å². The fourth-order valence-electron chi connectivity index (χ4n) is 4.46. The minimum absolute atomic E-state index is 0.182. The van der Waals surface area contributed by atoms with Crippen molar-refractivity contribution in [3.05, 3.63) is 98.8 Å². The average Bonchev–Trinajstić information content (AvgIpc) is 2.90. The first kappa shape index (κ1) is 26.0.